The van der Waals surface area contributed by atoms with Crippen molar-refractivity contribution in [2.45, 2.75) is 0 Å². The molecule has 0 bridgehead atoms. The van der Waals surface area contributed by atoms with Crippen molar-refractivity contribution < 1.29 is 28.5 Å². The summed E-state index contributed by atoms with van der Waals surface area (Å²) in [5, 5.41) is 7.65. The first kappa shape index (κ1) is 24.5. The van der Waals surface area contributed by atoms with Crippen LogP contribution in [0.1, 0.15) is 10.4 Å². The standard InChI is InChI=1S/C27H27N3O6/c1-32-21-12-11-17(13-22(21)33-2)25-20(16-30(29-25)19-9-7-6-8-10-19)27(31)28-18-14-23(34-3)26(36-5)24(15-18)35-4/h6-16H,1-5H3,(H,28,31). The number of benzene rings is 3. The van der Waals surface area contributed by atoms with Crippen LogP contribution in [0.15, 0.2) is 66.9 Å². The zero-order valence-corrected chi connectivity index (χ0v) is 20.7. The second kappa shape index (κ2) is 10.7. The summed E-state index contributed by atoms with van der Waals surface area (Å²) in [6.45, 7) is 0. The van der Waals surface area contributed by atoms with Crippen molar-refractivity contribution in [3.63, 3.8) is 0 Å². The summed E-state index contributed by atoms with van der Waals surface area (Å²) in [4.78, 5) is 13.6. The number of amides is 1. The molecule has 36 heavy (non-hydrogen) atoms. The molecule has 1 aromatic heterocycles. The fourth-order valence-corrected chi connectivity index (χ4v) is 3.80. The van der Waals surface area contributed by atoms with Gasteiger partial charge in [-0.25, -0.2) is 4.68 Å². The molecule has 9 nitrogen and oxygen atoms in total. The number of nitrogens with zero attached hydrogens (tertiary/aromatic N) is 2. The molecule has 3 aromatic carbocycles. The minimum absolute atomic E-state index is 0.361. The van der Waals surface area contributed by atoms with E-state index in [1.807, 2.05) is 36.4 Å². The van der Waals surface area contributed by atoms with Gasteiger partial charge in [-0.3, -0.25) is 4.79 Å². The Labute approximate surface area is 209 Å². The SMILES string of the molecule is COc1ccc(-c2nn(-c3ccccc3)cc2C(=O)Nc2cc(OC)c(OC)c(OC)c2)cc1OC. The molecule has 0 saturated heterocycles. The lowest BCUT2D eigenvalue weighted by Gasteiger charge is -2.14. The molecular formula is C27H27N3O6. The molecule has 186 valence electrons. The van der Waals surface area contributed by atoms with Crippen LogP contribution in [0.2, 0.25) is 0 Å². The van der Waals surface area contributed by atoms with E-state index in [2.05, 4.69) is 5.32 Å². The largest absolute Gasteiger partial charge is 0.493 e. The monoisotopic (exact) mass is 489 g/mol. The number of anilines is 1. The van der Waals surface area contributed by atoms with Crippen molar-refractivity contribution in [1.82, 2.24) is 9.78 Å². The summed E-state index contributed by atoms with van der Waals surface area (Å²) in [6, 6.07) is 18.3. The Morgan fingerprint density at radius 1 is 0.750 bits per heavy atom. The molecule has 0 saturated carbocycles. The predicted molar refractivity (Wildman–Crippen MR) is 136 cm³/mol. The van der Waals surface area contributed by atoms with Gasteiger partial charge in [-0.15, -0.1) is 0 Å². The first-order chi connectivity index (χ1) is 17.5. The van der Waals surface area contributed by atoms with Gasteiger partial charge in [0.2, 0.25) is 5.75 Å². The Kier molecular flexibility index (Phi) is 7.29. The van der Waals surface area contributed by atoms with E-state index in [1.165, 1.54) is 21.3 Å². The van der Waals surface area contributed by atoms with E-state index >= 15 is 0 Å². The van der Waals surface area contributed by atoms with Crippen molar-refractivity contribution >= 4 is 11.6 Å². The number of rotatable bonds is 9. The Balaban J connectivity index is 1.79. The van der Waals surface area contributed by atoms with E-state index < -0.39 is 0 Å². The van der Waals surface area contributed by atoms with E-state index in [-0.39, 0.29) is 5.91 Å². The van der Waals surface area contributed by atoms with Crippen molar-refractivity contribution in [3.05, 3.63) is 72.4 Å². The summed E-state index contributed by atoms with van der Waals surface area (Å²) in [5.41, 5.74) is 2.81. The number of carbonyl (C=O) groups is 1. The number of aromatic nitrogens is 2. The van der Waals surface area contributed by atoms with Crippen molar-refractivity contribution in [2.75, 3.05) is 40.9 Å². The quantitative estimate of drug-likeness (QED) is 0.360. The van der Waals surface area contributed by atoms with Gasteiger partial charge >= 0.3 is 0 Å². The summed E-state index contributed by atoms with van der Waals surface area (Å²) in [6.07, 6.45) is 1.69. The highest BCUT2D eigenvalue weighted by Gasteiger charge is 2.22. The molecule has 9 heteroatoms. The van der Waals surface area contributed by atoms with E-state index in [1.54, 1.807) is 49.4 Å². The minimum atomic E-state index is -0.365. The second-order valence-electron chi connectivity index (χ2n) is 7.61. The van der Waals surface area contributed by atoms with Crippen LogP contribution in [0.5, 0.6) is 28.7 Å². The number of para-hydroxylation sites is 1. The third-order valence-electron chi connectivity index (χ3n) is 5.56. The van der Waals surface area contributed by atoms with Gasteiger partial charge in [0.25, 0.3) is 5.91 Å². The predicted octanol–water partition coefficient (Wildman–Crippen LogP) is 4.83. The molecule has 1 amide bonds. The molecule has 0 aliphatic heterocycles. The van der Waals surface area contributed by atoms with E-state index in [9.17, 15) is 4.79 Å². The Hall–Kier alpha value is -4.66. The molecule has 1 N–H and O–H groups in total. The topological polar surface area (TPSA) is 93.1 Å². The maximum Gasteiger partial charge on any atom is 0.259 e. The minimum Gasteiger partial charge on any atom is -0.493 e. The third kappa shape index (κ3) is 4.76. The summed E-state index contributed by atoms with van der Waals surface area (Å²) >= 11 is 0. The lowest BCUT2D eigenvalue weighted by Crippen LogP contribution is -2.13. The number of carbonyl (C=O) groups excluding carboxylic acids is 1. The molecule has 0 aliphatic rings. The summed E-state index contributed by atoms with van der Waals surface area (Å²) < 4.78 is 28.7. The van der Waals surface area contributed by atoms with Gasteiger partial charge in [0, 0.05) is 29.6 Å². The smallest absolute Gasteiger partial charge is 0.259 e. The highest BCUT2D eigenvalue weighted by atomic mass is 16.5. The lowest BCUT2D eigenvalue weighted by molar-refractivity contribution is 0.102. The van der Waals surface area contributed by atoms with Crippen LogP contribution < -0.4 is 29.0 Å². The van der Waals surface area contributed by atoms with Gasteiger partial charge in [0.05, 0.1) is 46.8 Å². The lowest BCUT2D eigenvalue weighted by atomic mass is 10.1. The van der Waals surface area contributed by atoms with Gasteiger partial charge in [-0.1, -0.05) is 18.2 Å². The van der Waals surface area contributed by atoms with E-state index in [4.69, 9.17) is 28.8 Å². The maximum atomic E-state index is 13.6. The Morgan fingerprint density at radius 3 is 1.97 bits per heavy atom. The fraction of sp³-hybridized carbons (Fsp3) is 0.185. The molecule has 0 radical (unpaired) electrons. The van der Waals surface area contributed by atoms with Crippen LogP contribution in [0, 0.1) is 0 Å². The normalized spacial score (nSPS) is 10.5. The molecule has 4 aromatic rings. The molecular weight excluding hydrogens is 462 g/mol. The van der Waals surface area contributed by atoms with Crippen molar-refractivity contribution in [3.8, 4) is 45.7 Å². The third-order valence-corrected chi connectivity index (χ3v) is 5.56. The average Bonchev–Trinajstić information content (AvgIpc) is 3.38. The first-order valence-electron chi connectivity index (χ1n) is 11.0. The van der Waals surface area contributed by atoms with Crippen LogP contribution in [-0.2, 0) is 0 Å². The zero-order chi connectivity index (χ0) is 25.7. The first-order valence-corrected chi connectivity index (χ1v) is 11.0. The molecule has 0 atom stereocenters. The van der Waals surface area contributed by atoms with Gasteiger partial charge in [-0.05, 0) is 30.3 Å². The van der Waals surface area contributed by atoms with Gasteiger partial charge in [0.15, 0.2) is 23.0 Å². The average molecular weight is 490 g/mol. The van der Waals surface area contributed by atoms with Crippen LogP contribution in [0.4, 0.5) is 5.69 Å². The maximum absolute atomic E-state index is 13.6. The molecule has 0 spiro atoms. The second-order valence-corrected chi connectivity index (χ2v) is 7.61. The van der Waals surface area contributed by atoms with Crippen LogP contribution >= 0.6 is 0 Å². The van der Waals surface area contributed by atoms with Gasteiger partial charge in [0.1, 0.15) is 5.69 Å². The molecule has 4 rings (SSSR count). The van der Waals surface area contributed by atoms with Gasteiger partial charge < -0.3 is 29.0 Å². The zero-order valence-electron chi connectivity index (χ0n) is 20.7. The summed E-state index contributed by atoms with van der Waals surface area (Å²) in [5.74, 6) is 2.02. The number of nitrogens with one attached hydrogen (secondary N) is 1. The van der Waals surface area contributed by atoms with E-state index in [0.29, 0.717) is 51.3 Å². The number of hydrogen-bond donors (Lipinski definition) is 1. The number of methoxy groups -OCH3 is 5. The van der Waals surface area contributed by atoms with Crippen molar-refractivity contribution in [1.29, 1.82) is 0 Å². The molecule has 0 fully saturated rings. The molecule has 0 unspecified atom stereocenters. The van der Waals surface area contributed by atoms with Gasteiger partial charge in [-0.2, -0.15) is 5.10 Å². The number of hydrogen-bond acceptors (Lipinski definition) is 7. The Bertz CT molecular complexity index is 1340. The van der Waals surface area contributed by atoms with Crippen LogP contribution in [0.3, 0.4) is 0 Å². The highest BCUT2D eigenvalue weighted by molar-refractivity contribution is 6.08. The Morgan fingerprint density at radius 2 is 1.39 bits per heavy atom. The fourth-order valence-electron chi connectivity index (χ4n) is 3.80. The number of ether oxygens (including phenoxy) is 5. The summed E-state index contributed by atoms with van der Waals surface area (Å²) in [7, 11) is 7.68. The molecule has 0 aliphatic carbocycles. The highest BCUT2D eigenvalue weighted by Crippen LogP contribution is 2.40. The van der Waals surface area contributed by atoms with Crippen molar-refractivity contribution in [2.24, 2.45) is 0 Å². The molecule has 1 heterocycles. The van der Waals surface area contributed by atoms with Crippen LogP contribution in [-0.4, -0.2) is 51.2 Å². The van der Waals surface area contributed by atoms with Crippen LogP contribution in [0.25, 0.3) is 16.9 Å². The van der Waals surface area contributed by atoms with E-state index in [0.717, 1.165) is 5.69 Å².